The van der Waals surface area contributed by atoms with Crippen molar-refractivity contribution in [2.45, 2.75) is 215 Å². The molecule has 5 aliphatic heterocycles. The second kappa shape index (κ2) is 22.0. The molecule has 0 unspecified atom stereocenters. The molecule has 416 valence electrons. The van der Waals surface area contributed by atoms with Crippen LogP contribution in [-0.4, -0.2) is 213 Å². The third-order valence-electron chi connectivity index (χ3n) is 19.1. The number of aliphatic hydroxyl groups excluding tert-OH is 10. The Morgan fingerprint density at radius 3 is 2.08 bits per heavy atom. The molecule has 5 saturated heterocycles. The molecule has 0 radical (unpaired) electrons. The molecule has 3 saturated carbocycles. The zero-order chi connectivity index (χ0) is 52.5. The van der Waals surface area contributed by atoms with Gasteiger partial charge in [0.15, 0.2) is 24.7 Å². The summed E-state index contributed by atoms with van der Waals surface area (Å²) in [5, 5.41) is 106. The zero-order valence-electron chi connectivity index (χ0n) is 42.4. The SMILES string of the molecule is COC(=O)C[C@H](O)CC(=O)OC[C@@H]1CC[C@@]2(OC1)O[C@H]1C[C@H]3[C@@H]4CC=C5C[C@@H](O[C@@H]6O[C@H](CO)[C@@H](O)[C@H](O[C@@H]7O[C@H](CO)[C@@H](O)[C@H](O)[C@H]7O)[C@H]6O[C@@H]6O[C@@H](C)[C@H](O)[C@@H](O)[C@H]6O)CC[C@]5(C)[C@H]4CC[C@]3(C)[C@H]1[C@@H]2C. The van der Waals surface area contributed by atoms with Gasteiger partial charge in [-0.1, -0.05) is 32.4 Å². The Kier molecular flexibility index (Phi) is 16.8. The van der Waals surface area contributed by atoms with E-state index in [1.165, 1.54) is 19.6 Å². The van der Waals surface area contributed by atoms with Crippen LogP contribution in [-0.2, 0) is 57.0 Å². The van der Waals surface area contributed by atoms with E-state index in [9.17, 15) is 60.7 Å². The van der Waals surface area contributed by atoms with Gasteiger partial charge in [0.05, 0.1) is 70.8 Å². The first-order valence-electron chi connectivity index (χ1n) is 26.5. The number of rotatable bonds is 14. The molecule has 22 nitrogen and oxygen atoms in total. The van der Waals surface area contributed by atoms with Crippen LogP contribution in [0.1, 0.15) is 98.3 Å². The van der Waals surface area contributed by atoms with Crippen LogP contribution in [0.2, 0.25) is 0 Å². The predicted octanol–water partition coefficient (Wildman–Crippen LogP) is -0.948. The topological polar surface area (TPSA) is 329 Å². The van der Waals surface area contributed by atoms with Crippen molar-refractivity contribution in [2.75, 3.05) is 33.5 Å². The average Bonchev–Trinajstić information content (AvgIpc) is 3.81. The summed E-state index contributed by atoms with van der Waals surface area (Å²) in [6.07, 6.45) is -16.1. The van der Waals surface area contributed by atoms with E-state index < -0.39 is 135 Å². The summed E-state index contributed by atoms with van der Waals surface area (Å²) in [7, 11) is 1.22. The maximum absolute atomic E-state index is 12.4. The molecule has 9 rings (SSSR count). The van der Waals surface area contributed by atoms with E-state index in [-0.39, 0.29) is 48.2 Å². The maximum Gasteiger partial charge on any atom is 0.308 e. The Bertz CT molecular complexity index is 1950. The van der Waals surface area contributed by atoms with Crippen LogP contribution in [0.15, 0.2) is 11.6 Å². The normalized spacial score (nSPS) is 51.0. The van der Waals surface area contributed by atoms with Crippen LogP contribution in [0.25, 0.3) is 0 Å². The lowest BCUT2D eigenvalue weighted by molar-refractivity contribution is -0.394. The number of esters is 2. The van der Waals surface area contributed by atoms with Gasteiger partial charge in [-0.25, -0.2) is 0 Å². The van der Waals surface area contributed by atoms with Crippen LogP contribution in [0.4, 0.5) is 0 Å². The van der Waals surface area contributed by atoms with Crippen LogP contribution in [0.3, 0.4) is 0 Å². The van der Waals surface area contributed by atoms with E-state index in [1.807, 2.05) is 0 Å². The summed E-state index contributed by atoms with van der Waals surface area (Å²) in [4.78, 5) is 23.9. The lowest BCUT2D eigenvalue weighted by Crippen LogP contribution is -2.67. The largest absolute Gasteiger partial charge is 0.469 e. The molecular weight excluding hydrogens is 965 g/mol. The summed E-state index contributed by atoms with van der Waals surface area (Å²) in [5.41, 5.74) is 1.17. The van der Waals surface area contributed by atoms with Crippen molar-refractivity contribution >= 4 is 11.9 Å². The van der Waals surface area contributed by atoms with Crippen LogP contribution in [0, 0.1) is 46.3 Å². The van der Waals surface area contributed by atoms with Crippen molar-refractivity contribution in [3.63, 3.8) is 0 Å². The Labute approximate surface area is 425 Å². The summed E-state index contributed by atoms with van der Waals surface area (Å²) >= 11 is 0. The molecule has 73 heavy (non-hydrogen) atoms. The van der Waals surface area contributed by atoms with Gasteiger partial charge in [-0.05, 0) is 92.8 Å². The lowest BCUT2D eigenvalue weighted by atomic mass is 9.47. The second-order valence-electron chi connectivity index (χ2n) is 23.2. The van der Waals surface area contributed by atoms with Gasteiger partial charge in [-0.2, -0.15) is 0 Å². The summed E-state index contributed by atoms with van der Waals surface area (Å²) in [6.45, 7) is 7.64. The fourth-order valence-corrected chi connectivity index (χ4v) is 14.9. The first-order valence-corrected chi connectivity index (χ1v) is 26.5. The van der Waals surface area contributed by atoms with Crippen molar-refractivity contribution in [3.8, 4) is 0 Å². The number of hydrogen-bond donors (Lipinski definition) is 10. The number of fused-ring (bicyclic) bond motifs is 7. The third kappa shape index (κ3) is 10.3. The Balaban J connectivity index is 0.862. The van der Waals surface area contributed by atoms with Crippen LogP contribution in [0.5, 0.6) is 0 Å². The number of ether oxygens (including phenoxy) is 10. The highest BCUT2D eigenvalue weighted by Gasteiger charge is 2.69. The summed E-state index contributed by atoms with van der Waals surface area (Å²) in [5.74, 6) is -0.166. The monoisotopic (exact) mass is 1040 g/mol. The van der Waals surface area contributed by atoms with Crippen molar-refractivity contribution in [3.05, 3.63) is 11.6 Å². The fraction of sp³-hybridized carbons (Fsp3) is 0.922. The van der Waals surface area contributed by atoms with Crippen molar-refractivity contribution in [1.82, 2.24) is 0 Å². The summed E-state index contributed by atoms with van der Waals surface area (Å²) in [6, 6.07) is 0. The number of aliphatic hydroxyl groups is 10. The second-order valence-corrected chi connectivity index (χ2v) is 23.2. The number of hydrogen-bond acceptors (Lipinski definition) is 22. The minimum atomic E-state index is -1.87. The van der Waals surface area contributed by atoms with E-state index in [2.05, 4.69) is 31.6 Å². The van der Waals surface area contributed by atoms with Gasteiger partial charge in [0.2, 0.25) is 0 Å². The Morgan fingerprint density at radius 2 is 1.40 bits per heavy atom. The van der Waals surface area contributed by atoms with Gasteiger partial charge in [0.1, 0.15) is 67.1 Å². The van der Waals surface area contributed by atoms with Gasteiger partial charge >= 0.3 is 11.9 Å². The highest BCUT2D eigenvalue weighted by atomic mass is 16.8. The molecular formula is C51H80O22. The van der Waals surface area contributed by atoms with Gasteiger partial charge < -0.3 is 98.4 Å². The fourth-order valence-electron chi connectivity index (χ4n) is 14.9. The van der Waals surface area contributed by atoms with E-state index in [4.69, 9.17) is 42.6 Å². The number of carbonyl (C=O) groups excluding carboxylic acids is 2. The Hall–Kier alpha value is -2.04. The molecule has 5 heterocycles. The smallest absolute Gasteiger partial charge is 0.308 e. The predicted molar refractivity (Wildman–Crippen MR) is 247 cm³/mol. The molecule has 0 aromatic heterocycles. The molecule has 9 aliphatic rings. The average molecular weight is 1050 g/mol. The highest BCUT2D eigenvalue weighted by molar-refractivity contribution is 5.73. The maximum atomic E-state index is 12.4. The van der Waals surface area contributed by atoms with Crippen molar-refractivity contribution in [2.24, 2.45) is 46.3 Å². The Morgan fingerprint density at radius 1 is 0.740 bits per heavy atom. The number of allylic oxidation sites excluding steroid dienone is 1. The molecule has 0 aromatic carbocycles. The molecule has 0 bridgehead atoms. The molecule has 8 fully saturated rings. The zero-order valence-corrected chi connectivity index (χ0v) is 42.4. The molecule has 0 aromatic rings. The highest BCUT2D eigenvalue weighted by Crippen LogP contribution is 2.71. The molecule has 0 amide bonds. The third-order valence-corrected chi connectivity index (χ3v) is 19.1. The van der Waals surface area contributed by atoms with Crippen molar-refractivity contribution < 1.29 is 108 Å². The van der Waals surface area contributed by atoms with Crippen LogP contribution >= 0.6 is 0 Å². The first kappa shape index (κ1) is 55.7. The van der Waals surface area contributed by atoms with Crippen molar-refractivity contribution in [1.29, 1.82) is 0 Å². The van der Waals surface area contributed by atoms with Gasteiger partial charge in [-0.3, -0.25) is 9.59 Å². The van der Waals surface area contributed by atoms with Gasteiger partial charge in [-0.15, -0.1) is 0 Å². The molecule has 1 spiro atoms. The molecule has 22 heteroatoms. The van der Waals surface area contributed by atoms with E-state index >= 15 is 0 Å². The quantitative estimate of drug-likeness (QED) is 0.0741. The van der Waals surface area contributed by atoms with E-state index in [0.29, 0.717) is 49.5 Å². The van der Waals surface area contributed by atoms with Gasteiger partial charge in [0, 0.05) is 18.3 Å². The molecule has 10 N–H and O–H groups in total. The minimum Gasteiger partial charge on any atom is -0.469 e. The summed E-state index contributed by atoms with van der Waals surface area (Å²) < 4.78 is 60.5. The lowest BCUT2D eigenvalue weighted by Gasteiger charge is -2.59. The van der Waals surface area contributed by atoms with E-state index in [1.54, 1.807) is 0 Å². The first-order chi connectivity index (χ1) is 34.7. The molecule has 27 atom stereocenters. The van der Waals surface area contributed by atoms with Crippen LogP contribution < -0.4 is 0 Å². The minimum absolute atomic E-state index is 0.0157. The molecule has 4 aliphatic carbocycles. The number of methoxy groups -OCH3 is 1. The standard InChI is InChI=1S/C51H80O22/c1-22-36-31(73-51(22)13-8-24(21-66-51)20-65-35(56)16-26(54)15-34(55)64-5)17-30-28-7-6-25-14-27(9-11-49(25,3)29(28)10-12-50(30,36)4)68-48-45(72-46-42(62)40(60)37(57)23(2)67-46)44(39(59)33(19-53)70-48)71-47-43(63)41(61)38(58)32(18-52)69-47/h6,22-24,26-33,36-48,52-54,57-63H,7-21H2,1-5H3/t22-,23-,24-,26-,27-,28+,29-,30-,31-,32+,33+,36-,37-,38+,39+,40+,41-,42+,43+,44-,45+,46-,47-,48+,49-,50-,51+/m0/s1. The van der Waals surface area contributed by atoms with Gasteiger partial charge in [0.25, 0.3) is 0 Å². The number of carbonyl (C=O) groups is 2. The van der Waals surface area contributed by atoms with E-state index in [0.717, 1.165) is 38.5 Å².